The molecule has 0 atom stereocenters. The zero-order chi connectivity index (χ0) is 7.61. The minimum absolute atomic E-state index is 0. The molecule has 0 aliphatic heterocycles. The van der Waals surface area contributed by atoms with Crippen molar-refractivity contribution in [2.45, 2.75) is 26.2 Å². The first-order valence-corrected chi connectivity index (χ1v) is 3.49. The van der Waals surface area contributed by atoms with E-state index >= 15 is 0 Å². The average molecular weight is 310 g/mol. The molecule has 0 saturated heterocycles. The van der Waals surface area contributed by atoms with Crippen LogP contribution in [0.3, 0.4) is 0 Å². The molecule has 12 heavy (non-hydrogen) atoms. The Hall–Kier alpha value is 1.43. The molecule has 0 amide bonds. The first-order valence-electron chi connectivity index (χ1n) is 3.49. The standard InChI is InChI=1S/C10H12.2Y/c1-10(2,3)9-7-5-4-6-8-9;;/h5-7H,1-3H3;;/q-2;;. The number of hydrogen-bond donors (Lipinski definition) is 0. The van der Waals surface area contributed by atoms with E-state index in [0.29, 0.717) is 0 Å². The molecule has 0 nitrogen and oxygen atoms in total. The van der Waals surface area contributed by atoms with Crippen LogP contribution in [0, 0.1) is 12.1 Å². The van der Waals surface area contributed by atoms with Gasteiger partial charge in [-0.3, -0.25) is 17.7 Å². The number of hydrogen-bond acceptors (Lipinski definition) is 0. The molecule has 1 aromatic carbocycles. The van der Waals surface area contributed by atoms with Gasteiger partial charge in [0, 0.05) is 65.4 Å². The molecular weight excluding hydrogens is 298 g/mol. The van der Waals surface area contributed by atoms with Gasteiger partial charge in [-0.1, -0.05) is 26.2 Å². The molecule has 60 valence electrons. The molecule has 0 bridgehead atoms. The van der Waals surface area contributed by atoms with Gasteiger partial charge in [0.2, 0.25) is 0 Å². The molecule has 0 heterocycles. The Morgan fingerprint density at radius 1 is 1.17 bits per heavy atom. The van der Waals surface area contributed by atoms with Crippen LogP contribution in [0.5, 0.6) is 0 Å². The zero-order valence-electron chi connectivity index (χ0n) is 7.89. The van der Waals surface area contributed by atoms with Crippen molar-refractivity contribution in [1.29, 1.82) is 0 Å². The van der Waals surface area contributed by atoms with Crippen molar-refractivity contribution < 1.29 is 65.4 Å². The van der Waals surface area contributed by atoms with Gasteiger partial charge in [0.1, 0.15) is 0 Å². The van der Waals surface area contributed by atoms with Crippen LogP contribution in [0.25, 0.3) is 0 Å². The monoisotopic (exact) mass is 310 g/mol. The molecule has 0 N–H and O–H groups in total. The van der Waals surface area contributed by atoms with Crippen LogP contribution in [0.2, 0.25) is 0 Å². The van der Waals surface area contributed by atoms with Gasteiger partial charge in [-0.25, -0.2) is 0 Å². The molecule has 0 saturated carbocycles. The van der Waals surface area contributed by atoms with Gasteiger partial charge in [0.05, 0.1) is 0 Å². The van der Waals surface area contributed by atoms with Crippen molar-refractivity contribution in [3.05, 3.63) is 35.9 Å². The summed E-state index contributed by atoms with van der Waals surface area (Å²) in [5, 5.41) is 0. The average Bonchev–Trinajstić information content (AvgIpc) is 1.88. The molecule has 0 spiro atoms. The van der Waals surface area contributed by atoms with Gasteiger partial charge in [0.15, 0.2) is 0 Å². The summed E-state index contributed by atoms with van der Waals surface area (Å²) in [6.07, 6.45) is 0. The SMILES string of the molecule is CC(C)(C)c1[c-]c[c-]cc1.[Y].[Y]. The van der Waals surface area contributed by atoms with Gasteiger partial charge >= 0.3 is 0 Å². The Morgan fingerprint density at radius 2 is 1.75 bits per heavy atom. The number of benzene rings is 1. The summed E-state index contributed by atoms with van der Waals surface area (Å²) in [5.74, 6) is 0. The minimum atomic E-state index is 0. The van der Waals surface area contributed by atoms with Crippen LogP contribution >= 0.6 is 0 Å². The first-order chi connectivity index (χ1) is 4.61. The third-order valence-corrected chi connectivity index (χ3v) is 1.47. The Kier molecular flexibility index (Phi) is 9.02. The van der Waals surface area contributed by atoms with Gasteiger partial charge in [-0.15, -0.1) is 0 Å². The topological polar surface area (TPSA) is 0 Å². The molecule has 1 rings (SSSR count). The zero-order valence-corrected chi connectivity index (χ0v) is 13.6. The van der Waals surface area contributed by atoms with Crippen LogP contribution in [0.1, 0.15) is 26.3 Å². The summed E-state index contributed by atoms with van der Waals surface area (Å²) < 4.78 is 0. The Balaban J connectivity index is 0. The summed E-state index contributed by atoms with van der Waals surface area (Å²) in [6.45, 7) is 6.54. The van der Waals surface area contributed by atoms with Crippen molar-refractivity contribution in [3.63, 3.8) is 0 Å². The van der Waals surface area contributed by atoms with Crippen molar-refractivity contribution >= 4 is 0 Å². The van der Waals surface area contributed by atoms with Crippen LogP contribution < -0.4 is 0 Å². The van der Waals surface area contributed by atoms with Gasteiger partial charge in [0.25, 0.3) is 0 Å². The Labute approximate surface area is 126 Å². The summed E-state index contributed by atoms with van der Waals surface area (Å²) in [5.41, 5.74) is 1.46. The second-order valence-electron chi connectivity index (χ2n) is 3.45. The van der Waals surface area contributed by atoms with Gasteiger partial charge < -0.3 is 18.2 Å². The van der Waals surface area contributed by atoms with E-state index in [1.807, 2.05) is 12.1 Å². The second-order valence-corrected chi connectivity index (χ2v) is 3.45. The van der Waals surface area contributed by atoms with Crippen molar-refractivity contribution in [3.8, 4) is 0 Å². The van der Waals surface area contributed by atoms with Crippen LogP contribution in [0.15, 0.2) is 18.2 Å². The third-order valence-electron chi connectivity index (χ3n) is 1.47. The molecule has 0 aliphatic carbocycles. The normalized spacial score (nSPS) is 9.58. The number of rotatable bonds is 0. The largest absolute Gasteiger partial charge is 0.359 e. The van der Waals surface area contributed by atoms with Gasteiger partial charge in [-0.05, 0) is 0 Å². The molecule has 2 heteroatoms. The predicted octanol–water partition coefficient (Wildman–Crippen LogP) is 2.58. The molecular formula is C10H12Y2-2. The second kappa shape index (κ2) is 6.82. The molecule has 0 fully saturated rings. The van der Waals surface area contributed by atoms with E-state index in [1.54, 1.807) is 0 Å². The predicted molar refractivity (Wildman–Crippen MR) is 42.8 cm³/mol. The molecule has 1 aromatic rings. The van der Waals surface area contributed by atoms with E-state index in [4.69, 9.17) is 0 Å². The molecule has 2 radical (unpaired) electrons. The van der Waals surface area contributed by atoms with Gasteiger partial charge in [-0.2, -0.15) is 0 Å². The summed E-state index contributed by atoms with van der Waals surface area (Å²) in [7, 11) is 0. The fourth-order valence-electron chi connectivity index (χ4n) is 0.814. The van der Waals surface area contributed by atoms with Crippen LogP contribution in [-0.2, 0) is 70.8 Å². The first kappa shape index (κ1) is 15.9. The Morgan fingerprint density at radius 3 is 2.00 bits per heavy atom. The maximum absolute atomic E-state index is 3.15. The van der Waals surface area contributed by atoms with Crippen LogP contribution in [0.4, 0.5) is 0 Å². The van der Waals surface area contributed by atoms with E-state index in [-0.39, 0.29) is 70.8 Å². The Bertz CT molecular complexity index is 199. The maximum atomic E-state index is 3.15. The third kappa shape index (κ3) is 5.22. The quantitative estimate of drug-likeness (QED) is 0.646. The molecule has 0 unspecified atom stereocenters. The van der Waals surface area contributed by atoms with E-state index in [2.05, 4.69) is 39.0 Å². The van der Waals surface area contributed by atoms with E-state index in [9.17, 15) is 0 Å². The van der Waals surface area contributed by atoms with E-state index in [1.165, 1.54) is 5.56 Å². The smallest absolute Gasteiger partial charge is 0 e. The fraction of sp³-hybridized carbons (Fsp3) is 0.400. The molecule has 0 aliphatic rings. The fourth-order valence-corrected chi connectivity index (χ4v) is 0.814. The van der Waals surface area contributed by atoms with E-state index in [0.717, 1.165) is 0 Å². The maximum Gasteiger partial charge on any atom is 0 e. The van der Waals surface area contributed by atoms with Crippen molar-refractivity contribution in [1.82, 2.24) is 0 Å². The van der Waals surface area contributed by atoms with E-state index < -0.39 is 0 Å². The summed E-state index contributed by atoms with van der Waals surface area (Å²) in [6, 6.07) is 11.9. The summed E-state index contributed by atoms with van der Waals surface area (Å²) >= 11 is 0. The summed E-state index contributed by atoms with van der Waals surface area (Å²) in [4.78, 5) is 0. The van der Waals surface area contributed by atoms with Crippen molar-refractivity contribution in [2.75, 3.05) is 0 Å². The molecule has 0 aromatic heterocycles. The van der Waals surface area contributed by atoms with Crippen LogP contribution in [-0.4, -0.2) is 0 Å². The van der Waals surface area contributed by atoms with Crippen molar-refractivity contribution in [2.24, 2.45) is 0 Å². The minimum Gasteiger partial charge on any atom is -0.359 e.